The van der Waals surface area contributed by atoms with Gasteiger partial charge in [0.15, 0.2) is 16.6 Å². The van der Waals surface area contributed by atoms with Gasteiger partial charge in [0.2, 0.25) is 0 Å². The van der Waals surface area contributed by atoms with E-state index in [0.717, 1.165) is 0 Å². The zero-order valence-corrected chi connectivity index (χ0v) is 16.9. The molecule has 0 aromatic carbocycles. The van der Waals surface area contributed by atoms with Gasteiger partial charge in [-0.15, -0.1) is 0 Å². The maximum absolute atomic E-state index is 5.88. The molecule has 0 spiro atoms. The van der Waals surface area contributed by atoms with E-state index in [-0.39, 0.29) is 0 Å². The van der Waals surface area contributed by atoms with Gasteiger partial charge >= 0.3 is 0 Å². The molecule has 0 saturated heterocycles. The molecule has 4 heteroatoms. The van der Waals surface area contributed by atoms with Crippen LogP contribution in [0, 0.1) is 0 Å². The summed E-state index contributed by atoms with van der Waals surface area (Å²) in [6, 6.07) is 7.78. The Labute approximate surface area is 129 Å². The summed E-state index contributed by atoms with van der Waals surface area (Å²) in [5.41, 5.74) is 0. The lowest BCUT2D eigenvalue weighted by Gasteiger charge is -2.28. The summed E-state index contributed by atoms with van der Waals surface area (Å²) >= 11 is 0. The lowest BCUT2D eigenvalue weighted by Crippen LogP contribution is -2.35. The van der Waals surface area contributed by atoms with Gasteiger partial charge < -0.3 is 8.85 Å². The zero-order chi connectivity index (χ0) is 15.5. The predicted octanol–water partition coefficient (Wildman–Crippen LogP) is 5.81. The Morgan fingerprint density at radius 1 is 0.550 bits per heavy atom. The molecular formula is C16H38O2Si2. The van der Waals surface area contributed by atoms with Crippen LogP contribution in [-0.4, -0.2) is 30.9 Å². The summed E-state index contributed by atoms with van der Waals surface area (Å²) in [4.78, 5) is 0. The van der Waals surface area contributed by atoms with Crippen molar-refractivity contribution in [1.82, 2.24) is 0 Å². The molecule has 0 aliphatic rings. The fraction of sp³-hybridized carbons (Fsp3) is 1.00. The molecule has 20 heavy (non-hydrogen) atoms. The van der Waals surface area contributed by atoms with E-state index >= 15 is 0 Å². The van der Waals surface area contributed by atoms with Gasteiger partial charge in [-0.2, -0.15) is 0 Å². The van der Waals surface area contributed by atoms with Crippen LogP contribution < -0.4 is 0 Å². The average Bonchev–Trinajstić information content (AvgIpc) is 2.52. The monoisotopic (exact) mass is 318 g/mol. The Hall–Kier alpha value is 0.354. The Bertz CT molecular complexity index is 186. The summed E-state index contributed by atoms with van der Waals surface area (Å²) < 4.78 is 11.8. The van der Waals surface area contributed by atoms with Crippen LogP contribution in [0.15, 0.2) is 0 Å². The number of hydrogen-bond acceptors (Lipinski definition) is 2. The molecule has 0 aromatic heterocycles. The fourth-order valence-corrected chi connectivity index (χ4v) is 9.00. The molecule has 0 bridgehead atoms. The molecular weight excluding hydrogens is 280 g/mol. The molecule has 0 heterocycles. The van der Waals surface area contributed by atoms with Gasteiger partial charge in [-0.1, -0.05) is 53.4 Å². The smallest absolute Gasteiger partial charge is 0.191 e. The van der Waals surface area contributed by atoms with E-state index in [4.69, 9.17) is 8.85 Å². The molecule has 0 radical (unpaired) electrons. The quantitative estimate of drug-likeness (QED) is 0.315. The molecule has 0 saturated carbocycles. The van der Waals surface area contributed by atoms with Crippen LogP contribution >= 0.6 is 0 Å². The SMILES string of the molecule is CC[Si](CC)(CCCCCC[Si](CC)(CC)OC)OC. The van der Waals surface area contributed by atoms with E-state index in [0.29, 0.717) is 0 Å². The third kappa shape index (κ3) is 6.41. The summed E-state index contributed by atoms with van der Waals surface area (Å²) in [5, 5.41) is 0. The van der Waals surface area contributed by atoms with E-state index in [1.165, 1.54) is 61.9 Å². The maximum Gasteiger partial charge on any atom is 0.191 e. The molecule has 122 valence electrons. The molecule has 0 atom stereocenters. The van der Waals surface area contributed by atoms with Gasteiger partial charge in [-0.25, -0.2) is 0 Å². The molecule has 0 unspecified atom stereocenters. The van der Waals surface area contributed by atoms with E-state index in [1.807, 2.05) is 14.2 Å². The van der Waals surface area contributed by atoms with E-state index in [9.17, 15) is 0 Å². The van der Waals surface area contributed by atoms with Crippen molar-refractivity contribution >= 4 is 16.6 Å². The highest BCUT2D eigenvalue weighted by atomic mass is 28.4. The Kier molecular flexibility index (Phi) is 11.2. The third-order valence-corrected chi connectivity index (χ3v) is 14.9. The molecule has 0 aliphatic carbocycles. The van der Waals surface area contributed by atoms with Crippen molar-refractivity contribution in [3.8, 4) is 0 Å². The normalized spacial score (nSPS) is 12.9. The van der Waals surface area contributed by atoms with Crippen LogP contribution in [0.25, 0.3) is 0 Å². The predicted molar refractivity (Wildman–Crippen MR) is 95.5 cm³/mol. The Balaban J connectivity index is 3.87. The highest BCUT2D eigenvalue weighted by Gasteiger charge is 2.30. The van der Waals surface area contributed by atoms with Crippen molar-refractivity contribution in [3.63, 3.8) is 0 Å². The second kappa shape index (κ2) is 11.0. The van der Waals surface area contributed by atoms with E-state index in [2.05, 4.69) is 27.7 Å². The van der Waals surface area contributed by atoms with Crippen molar-refractivity contribution in [2.24, 2.45) is 0 Å². The van der Waals surface area contributed by atoms with Crippen molar-refractivity contribution < 1.29 is 8.85 Å². The summed E-state index contributed by atoms with van der Waals surface area (Å²) in [7, 11) is 1.16. The molecule has 0 N–H and O–H groups in total. The summed E-state index contributed by atoms with van der Waals surface area (Å²) in [5.74, 6) is 0. The second-order valence-corrected chi connectivity index (χ2v) is 15.5. The van der Waals surface area contributed by atoms with Gasteiger partial charge in [-0.3, -0.25) is 0 Å². The van der Waals surface area contributed by atoms with Crippen LogP contribution in [0.2, 0.25) is 36.3 Å². The van der Waals surface area contributed by atoms with Crippen LogP contribution in [-0.2, 0) is 8.85 Å². The van der Waals surface area contributed by atoms with E-state index < -0.39 is 16.6 Å². The Morgan fingerprint density at radius 2 is 0.850 bits per heavy atom. The minimum atomic E-state index is -1.35. The minimum Gasteiger partial charge on any atom is -0.420 e. The first-order valence-electron chi connectivity index (χ1n) is 8.67. The van der Waals surface area contributed by atoms with Gasteiger partial charge in [0.1, 0.15) is 0 Å². The van der Waals surface area contributed by atoms with Gasteiger partial charge in [0, 0.05) is 14.2 Å². The van der Waals surface area contributed by atoms with E-state index in [1.54, 1.807) is 0 Å². The summed E-state index contributed by atoms with van der Waals surface area (Å²) in [6.45, 7) is 9.22. The van der Waals surface area contributed by atoms with Crippen LogP contribution in [0.4, 0.5) is 0 Å². The highest BCUT2D eigenvalue weighted by Crippen LogP contribution is 2.27. The van der Waals surface area contributed by atoms with Gasteiger partial charge in [0.25, 0.3) is 0 Å². The van der Waals surface area contributed by atoms with Crippen LogP contribution in [0.1, 0.15) is 53.4 Å². The molecule has 0 amide bonds. The zero-order valence-electron chi connectivity index (χ0n) is 14.9. The van der Waals surface area contributed by atoms with Crippen molar-refractivity contribution in [1.29, 1.82) is 0 Å². The topological polar surface area (TPSA) is 18.5 Å². The lowest BCUT2D eigenvalue weighted by molar-refractivity contribution is 0.386. The average molecular weight is 319 g/mol. The second-order valence-electron chi connectivity index (χ2n) is 6.10. The Morgan fingerprint density at radius 3 is 1.05 bits per heavy atom. The van der Waals surface area contributed by atoms with Crippen LogP contribution in [0.3, 0.4) is 0 Å². The summed E-state index contributed by atoms with van der Waals surface area (Å²) in [6.07, 6.45) is 5.47. The standard InChI is InChI=1S/C16H38O2Si2/c1-7-19(8-2,17-5)15-13-11-12-14-16-20(9-3,10-4)18-6/h7-16H2,1-6H3. The molecule has 2 nitrogen and oxygen atoms in total. The van der Waals surface area contributed by atoms with Crippen molar-refractivity contribution in [3.05, 3.63) is 0 Å². The molecule has 0 rings (SSSR count). The molecule has 0 aromatic rings. The number of rotatable bonds is 13. The maximum atomic E-state index is 5.88. The lowest BCUT2D eigenvalue weighted by atomic mass is 10.2. The van der Waals surface area contributed by atoms with Crippen molar-refractivity contribution in [2.45, 2.75) is 89.6 Å². The largest absolute Gasteiger partial charge is 0.420 e. The first-order chi connectivity index (χ1) is 9.57. The highest BCUT2D eigenvalue weighted by molar-refractivity contribution is 6.74. The fourth-order valence-electron chi connectivity index (χ4n) is 3.24. The first-order valence-corrected chi connectivity index (χ1v) is 13.7. The number of unbranched alkanes of at least 4 members (excludes halogenated alkanes) is 3. The third-order valence-electron chi connectivity index (χ3n) is 5.46. The molecule has 0 fully saturated rings. The molecule has 0 aliphatic heterocycles. The minimum absolute atomic E-state index is 1.27. The first kappa shape index (κ1) is 20.4. The number of hydrogen-bond donors (Lipinski definition) is 0. The van der Waals surface area contributed by atoms with Crippen molar-refractivity contribution in [2.75, 3.05) is 14.2 Å². The van der Waals surface area contributed by atoms with Gasteiger partial charge in [0.05, 0.1) is 0 Å². The van der Waals surface area contributed by atoms with Crippen LogP contribution in [0.5, 0.6) is 0 Å². The van der Waals surface area contributed by atoms with Gasteiger partial charge in [-0.05, 0) is 36.3 Å².